The normalized spacial score (nSPS) is 11.1. The molecule has 0 aliphatic rings. The summed E-state index contributed by atoms with van der Waals surface area (Å²) in [5.74, 6) is -2.09. The summed E-state index contributed by atoms with van der Waals surface area (Å²) >= 11 is 0. The lowest BCUT2D eigenvalue weighted by atomic mass is 10.2. The quantitative estimate of drug-likeness (QED) is 0.807. The predicted molar refractivity (Wildman–Crippen MR) is 86.0 cm³/mol. The van der Waals surface area contributed by atoms with E-state index >= 15 is 0 Å². The Balaban J connectivity index is 2.33. The van der Waals surface area contributed by atoms with Gasteiger partial charge in [-0.15, -0.1) is 0 Å². The Kier molecular flexibility index (Phi) is 5.08. The van der Waals surface area contributed by atoms with E-state index in [0.29, 0.717) is 5.56 Å². The molecule has 0 saturated heterocycles. The molecule has 0 radical (unpaired) electrons. The highest BCUT2D eigenvalue weighted by molar-refractivity contribution is 7.92. The largest absolute Gasteiger partial charge is 0.507 e. The van der Waals surface area contributed by atoms with E-state index in [4.69, 9.17) is 4.74 Å². The fraction of sp³-hybridized carbons (Fsp3) is 0.188. The van der Waals surface area contributed by atoms with Crippen LogP contribution in [0.3, 0.4) is 0 Å². The van der Waals surface area contributed by atoms with Crippen LogP contribution in [-0.4, -0.2) is 26.1 Å². The second-order valence-electron chi connectivity index (χ2n) is 4.99. The van der Waals surface area contributed by atoms with Gasteiger partial charge >= 0.3 is 5.97 Å². The maximum absolute atomic E-state index is 14.1. The van der Waals surface area contributed by atoms with Crippen molar-refractivity contribution in [2.24, 2.45) is 0 Å². The zero-order chi connectivity index (χ0) is 17.9. The number of carbonyl (C=O) groups excluding carboxylic acids is 1. The van der Waals surface area contributed by atoms with Gasteiger partial charge in [-0.3, -0.25) is 4.72 Å². The van der Waals surface area contributed by atoms with Crippen LogP contribution in [0.1, 0.15) is 22.8 Å². The number of hydrogen-bond acceptors (Lipinski definition) is 5. The van der Waals surface area contributed by atoms with E-state index < -0.39 is 27.6 Å². The number of aryl methyl sites for hydroxylation is 1. The highest BCUT2D eigenvalue weighted by atomic mass is 32.2. The van der Waals surface area contributed by atoms with E-state index in [1.54, 1.807) is 19.9 Å². The molecule has 128 valence electrons. The van der Waals surface area contributed by atoms with Crippen LogP contribution in [0, 0.1) is 12.7 Å². The number of benzene rings is 2. The third-order valence-corrected chi connectivity index (χ3v) is 4.52. The van der Waals surface area contributed by atoms with Crippen molar-refractivity contribution in [3.8, 4) is 5.75 Å². The number of nitrogens with one attached hydrogen (secondary N) is 1. The number of sulfonamides is 1. The molecule has 24 heavy (non-hydrogen) atoms. The zero-order valence-electron chi connectivity index (χ0n) is 13.0. The van der Waals surface area contributed by atoms with Crippen molar-refractivity contribution in [1.29, 1.82) is 0 Å². The third kappa shape index (κ3) is 3.83. The lowest BCUT2D eigenvalue weighted by molar-refractivity contribution is 0.0526. The summed E-state index contributed by atoms with van der Waals surface area (Å²) in [7, 11) is -4.19. The highest BCUT2D eigenvalue weighted by Crippen LogP contribution is 2.27. The van der Waals surface area contributed by atoms with E-state index in [0.717, 1.165) is 12.1 Å². The standard InChI is InChI=1S/C16H16FNO5S/c1-3-23-16(20)11-5-6-13(12(17)9-11)18-24(21,22)15-8-10(2)4-7-14(15)19/h4-9,18-19H,3H2,1-2H3. The molecule has 0 aliphatic carbocycles. The van der Waals surface area contributed by atoms with Gasteiger partial charge in [-0.1, -0.05) is 6.07 Å². The molecule has 0 fully saturated rings. The number of rotatable bonds is 5. The first-order valence-corrected chi connectivity index (χ1v) is 8.52. The van der Waals surface area contributed by atoms with Crippen LogP contribution in [0.4, 0.5) is 10.1 Å². The number of ether oxygens (including phenoxy) is 1. The van der Waals surface area contributed by atoms with Gasteiger partial charge in [-0.05, 0) is 49.7 Å². The number of anilines is 1. The number of halogens is 1. The Hall–Kier alpha value is -2.61. The molecule has 2 N–H and O–H groups in total. The van der Waals surface area contributed by atoms with Crippen molar-refractivity contribution >= 4 is 21.7 Å². The number of carbonyl (C=O) groups is 1. The molecule has 0 saturated carbocycles. The SMILES string of the molecule is CCOC(=O)c1ccc(NS(=O)(=O)c2cc(C)ccc2O)c(F)c1. The monoisotopic (exact) mass is 353 g/mol. The summed E-state index contributed by atoms with van der Waals surface area (Å²) in [5, 5.41) is 9.72. The van der Waals surface area contributed by atoms with E-state index in [9.17, 15) is 22.7 Å². The molecular weight excluding hydrogens is 337 g/mol. The molecule has 8 heteroatoms. The Morgan fingerprint density at radius 1 is 1.25 bits per heavy atom. The molecule has 2 aromatic carbocycles. The molecule has 0 aromatic heterocycles. The van der Waals surface area contributed by atoms with E-state index in [2.05, 4.69) is 4.72 Å². The fourth-order valence-electron chi connectivity index (χ4n) is 1.98. The Morgan fingerprint density at radius 3 is 2.58 bits per heavy atom. The second-order valence-corrected chi connectivity index (χ2v) is 6.64. The van der Waals surface area contributed by atoms with Crippen LogP contribution in [0.5, 0.6) is 5.75 Å². The van der Waals surface area contributed by atoms with Gasteiger partial charge in [0.05, 0.1) is 17.9 Å². The van der Waals surface area contributed by atoms with Crippen molar-refractivity contribution in [3.63, 3.8) is 0 Å². The van der Waals surface area contributed by atoms with Crippen LogP contribution in [0.25, 0.3) is 0 Å². The van der Waals surface area contributed by atoms with Crippen LogP contribution < -0.4 is 4.72 Å². The molecule has 6 nitrogen and oxygen atoms in total. The molecule has 0 heterocycles. The van der Waals surface area contributed by atoms with Gasteiger partial charge in [0, 0.05) is 0 Å². The summed E-state index contributed by atoms with van der Waals surface area (Å²) in [6, 6.07) is 7.29. The van der Waals surface area contributed by atoms with Crippen molar-refractivity contribution in [2.45, 2.75) is 18.7 Å². The molecule has 0 amide bonds. The number of phenols is 1. The first-order valence-electron chi connectivity index (χ1n) is 7.03. The minimum Gasteiger partial charge on any atom is -0.507 e. The van der Waals surface area contributed by atoms with Crippen molar-refractivity contribution in [3.05, 3.63) is 53.3 Å². The summed E-state index contributed by atoms with van der Waals surface area (Å²) < 4.78 is 45.5. The average molecular weight is 353 g/mol. The molecule has 0 aliphatic heterocycles. The molecule has 2 aromatic rings. The zero-order valence-corrected chi connectivity index (χ0v) is 13.9. The van der Waals surface area contributed by atoms with Crippen molar-refractivity contribution < 1.29 is 27.4 Å². The Labute approximate surface area is 138 Å². The summed E-state index contributed by atoms with van der Waals surface area (Å²) in [4.78, 5) is 11.2. The topological polar surface area (TPSA) is 92.7 Å². The van der Waals surface area contributed by atoms with Crippen molar-refractivity contribution in [1.82, 2.24) is 0 Å². The van der Waals surface area contributed by atoms with Crippen LogP contribution in [0.15, 0.2) is 41.3 Å². The number of phenolic OH excluding ortho intramolecular Hbond substituents is 1. The Bertz CT molecular complexity index is 880. The molecule has 0 unspecified atom stereocenters. The minimum absolute atomic E-state index is 0.0318. The molecule has 0 spiro atoms. The van der Waals surface area contributed by atoms with Gasteiger partial charge in [-0.2, -0.15) is 0 Å². The second kappa shape index (κ2) is 6.88. The first kappa shape index (κ1) is 17.7. The van der Waals surface area contributed by atoms with Gasteiger partial charge in [0.25, 0.3) is 10.0 Å². The number of hydrogen-bond donors (Lipinski definition) is 2. The lowest BCUT2D eigenvalue weighted by Gasteiger charge is -2.11. The molecular formula is C16H16FNO5S. The van der Waals surface area contributed by atoms with E-state index in [1.165, 1.54) is 18.2 Å². The molecule has 0 bridgehead atoms. The predicted octanol–water partition coefficient (Wildman–Crippen LogP) is 2.82. The van der Waals surface area contributed by atoms with Crippen LogP contribution in [-0.2, 0) is 14.8 Å². The van der Waals surface area contributed by atoms with E-state index in [-0.39, 0.29) is 22.8 Å². The maximum Gasteiger partial charge on any atom is 0.338 e. The van der Waals surface area contributed by atoms with Gasteiger partial charge in [0.2, 0.25) is 0 Å². The number of aromatic hydroxyl groups is 1. The number of esters is 1. The summed E-state index contributed by atoms with van der Waals surface area (Å²) in [5.41, 5.74) is 0.242. The van der Waals surface area contributed by atoms with Gasteiger partial charge in [-0.25, -0.2) is 17.6 Å². The van der Waals surface area contributed by atoms with Gasteiger partial charge in [0.15, 0.2) is 0 Å². The van der Waals surface area contributed by atoms with Crippen LogP contribution >= 0.6 is 0 Å². The lowest BCUT2D eigenvalue weighted by Crippen LogP contribution is -2.15. The molecule has 0 atom stereocenters. The Morgan fingerprint density at radius 2 is 1.96 bits per heavy atom. The fourth-order valence-corrected chi connectivity index (χ4v) is 3.23. The smallest absolute Gasteiger partial charge is 0.338 e. The first-order chi connectivity index (χ1) is 11.2. The van der Waals surface area contributed by atoms with Crippen LogP contribution in [0.2, 0.25) is 0 Å². The van der Waals surface area contributed by atoms with Gasteiger partial charge < -0.3 is 9.84 Å². The minimum atomic E-state index is -4.19. The molecule has 2 rings (SSSR count). The maximum atomic E-state index is 14.1. The summed E-state index contributed by atoms with van der Waals surface area (Å²) in [6.07, 6.45) is 0. The third-order valence-electron chi connectivity index (χ3n) is 3.13. The van der Waals surface area contributed by atoms with Gasteiger partial charge in [0.1, 0.15) is 16.5 Å². The summed E-state index contributed by atoms with van der Waals surface area (Å²) in [6.45, 7) is 3.42. The highest BCUT2D eigenvalue weighted by Gasteiger charge is 2.21. The average Bonchev–Trinajstić information content (AvgIpc) is 2.51. The van der Waals surface area contributed by atoms with Crippen molar-refractivity contribution in [2.75, 3.05) is 11.3 Å². The van der Waals surface area contributed by atoms with E-state index in [1.807, 2.05) is 0 Å².